The first-order valence-electron chi connectivity index (χ1n) is 4.64. The molecule has 84 valence electrons. The highest BCUT2D eigenvalue weighted by Gasteiger charge is 2.08. The number of hydrogen-bond acceptors (Lipinski definition) is 3. The fourth-order valence-corrected chi connectivity index (χ4v) is 1.10. The van der Waals surface area contributed by atoms with Crippen LogP contribution in [0.5, 0.6) is 0 Å². The lowest BCUT2D eigenvalue weighted by molar-refractivity contribution is 0.632. The number of nitrogen functional groups attached to an aromatic ring is 1. The number of aliphatic imine (C=N–C) groups is 1. The number of rotatable bonds is 4. The Morgan fingerprint density at radius 3 is 3.06 bits per heavy atom. The van der Waals surface area contributed by atoms with E-state index in [4.69, 9.17) is 11.1 Å². The maximum absolute atomic E-state index is 13.1. The van der Waals surface area contributed by atoms with Crippen molar-refractivity contribution in [1.29, 1.82) is 5.41 Å². The van der Waals surface area contributed by atoms with E-state index in [1.54, 1.807) is 6.07 Å². The van der Waals surface area contributed by atoms with Gasteiger partial charge in [-0.05, 0) is 12.1 Å². The minimum Gasteiger partial charge on any atom is -0.396 e. The molecule has 0 aliphatic carbocycles. The molecule has 0 aliphatic rings. The number of nitrogens with two attached hydrogens (primary N) is 1. The first-order chi connectivity index (χ1) is 7.66. The quantitative estimate of drug-likeness (QED) is 0.409. The molecule has 1 rings (SSSR count). The molecule has 0 radical (unpaired) electrons. The van der Waals surface area contributed by atoms with E-state index in [9.17, 15) is 4.39 Å². The molecule has 4 nitrogen and oxygen atoms in total. The molecule has 5 heteroatoms. The SMILES string of the molecule is C=C/C=N\CNC(=N)c1cccc(F)c1N. The predicted molar refractivity (Wildman–Crippen MR) is 64.3 cm³/mol. The summed E-state index contributed by atoms with van der Waals surface area (Å²) < 4.78 is 13.1. The lowest BCUT2D eigenvalue weighted by Crippen LogP contribution is -2.24. The summed E-state index contributed by atoms with van der Waals surface area (Å²) in [6, 6.07) is 4.33. The molecular weight excluding hydrogens is 207 g/mol. The van der Waals surface area contributed by atoms with Crippen LogP contribution in [-0.2, 0) is 0 Å². The molecule has 0 amide bonds. The van der Waals surface area contributed by atoms with Gasteiger partial charge in [0.15, 0.2) is 0 Å². The highest BCUT2D eigenvalue weighted by Crippen LogP contribution is 2.15. The summed E-state index contributed by atoms with van der Waals surface area (Å²) in [5, 5.41) is 10.3. The Labute approximate surface area is 93.2 Å². The van der Waals surface area contributed by atoms with Crippen molar-refractivity contribution in [3.63, 3.8) is 0 Å². The van der Waals surface area contributed by atoms with Crippen LogP contribution in [0.3, 0.4) is 0 Å². The zero-order valence-electron chi connectivity index (χ0n) is 8.70. The lowest BCUT2D eigenvalue weighted by atomic mass is 10.1. The molecule has 0 bridgehead atoms. The van der Waals surface area contributed by atoms with Crippen molar-refractivity contribution in [2.75, 3.05) is 12.4 Å². The van der Waals surface area contributed by atoms with Gasteiger partial charge in [-0.15, -0.1) is 0 Å². The molecule has 0 aliphatic heterocycles. The van der Waals surface area contributed by atoms with Gasteiger partial charge in [0.25, 0.3) is 0 Å². The summed E-state index contributed by atoms with van der Waals surface area (Å²) >= 11 is 0. The molecule has 0 fully saturated rings. The minimum atomic E-state index is -0.529. The number of nitrogens with zero attached hydrogens (tertiary/aromatic N) is 1. The zero-order valence-corrected chi connectivity index (χ0v) is 8.70. The number of para-hydroxylation sites is 1. The van der Waals surface area contributed by atoms with Crippen LogP contribution in [0.15, 0.2) is 35.8 Å². The van der Waals surface area contributed by atoms with Crippen molar-refractivity contribution in [2.24, 2.45) is 4.99 Å². The van der Waals surface area contributed by atoms with Crippen LogP contribution in [0, 0.1) is 11.2 Å². The highest BCUT2D eigenvalue weighted by atomic mass is 19.1. The maximum Gasteiger partial charge on any atom is 0.146 e. The fraction of sp³-hybridized carbons (Fsp3) is 0.0909. The van der Waals surface area contributed by atoms with Crippen LogP contribution in [0.25, 0.3) is 0 Å². The Morgan fingerprint density at radius 2 is 2.38 bits per heavy atom. The largest absolute Gasteiger partial charge is 0.396 e. The third kappa shape index (κ3) is 2.91. The fourth-order valence-electron chi connectivity index (χ4n) is 1.10. The van der Waals surface area contributed by atoms with E-state index in [1.165, 1.54) is 24.4 Å². The summed E-state index contributed by atoms with van der Waals surface area (Å²) in [4.78, 5) is 3.88. The molecule has 0 saturated carbocycles. The number of halogens is 1. The number of hydrogen-bond donors (Lipinski definition) is 3. The van der Waals surface area contributed by atoms with Crippen molar-refractivity contribution in [1.82, 2.24) is 5.32 Å². The summed E-state index contributed by atoms with van der Waals surface area (Å²) in [6.07, 6.45) is 3.04. The van der Waals surface area contributed by atoms with Crippen LogP contribution in [0.4, 0.5) is 10.1 Å². The van der Waals surface area contributed by atoms with E-state index < -0.39 is 5.82 Å². The lowest BCUT2D eigenvalue weighted by Gasteiger charge is -2.08. The molecule has 16 heavy (non-hydrogen) atoms. The molecule has 0 aromatic heterocycles. The Bertz CT molecular complexity index is 426. The summed E-state index contributed by atoms with van der Waals surface area (Å²) in [6.45, 7) is 3.68. The Morgan fingerprint density at radius 1 is 1.62 bits per heavy atom. The van der Waals surface area contributed by atoms with Crippen LogP contribution in [0.2, 0.25) is 0 Å². The summed E-state index contributed by atoms with van der Waals surface area (Å²) in [7, 11) is 0. The van der Waals surface area contributed by atoms with Crippen molar-refractivity contribution in [3.05, 3.63) is 42.2 Å². The van der Waals surface area contributed by atoms with Gasteiger partial charge < -0.3 is 11.1 Å². The van der Waals surface area contributed by atoms with Gasteiger partial charge in [0.1, 0.15) is 18.3 Å². The Kier molecular flexibility index (Phi) is 4.20. The van der Waals surface area contributed by atoms with E-state index in [1.807, 2.05) is 0 Å². The average molecular weight is 220 g/mol. The van der Waals surface area contributed by atoms with Crippen LogP contribution in [-0.4, -0.2) is 18.7 Å². The molecule has 0 atom stereocenters. The number of anilines is 1. The smallest absolute Gasteiger partial charge is 0.146 e. The molecule has 0 spiro atoms. The van der Waals surface area contributed by atoms with Crippen molar-refractivity contribution in [2.45, 2.75) is 0 Å². The second-order valence-electron chi connectivity index (χ2n) is 2.98. The van der Waals surface area contributed by atoms with Crippen LogP contribution < -0.4 is 11.1 Å². The van der Waals surface area contributed by atoms with E-state index >= 15 is 0 Å². The molecule has 0 saturated heterocycles. The number of nitrogens with one attached hydrogen (secondary N) is 2. The van der Waals surface area contributed by atoms with Crippen molar-refractivity contribution >= 4 is 17.7 Å². The Hall–Kier alpha value is -2.17. The first kappa shape index (κ1) is 11.9. The maximum atomic E-state index is 13.1. The van der Waals surface area contributed by atoms with E-state index in [0.29, 0.717) is 5.56 Å². The van der Waals surface area contributed by atoms with Crippen LogP contribution in [0.1, 0.15) is 5.56 Å². The molecule has 1 aromatic rings. The second kappa shape index (κ2) is 5.65. The molecule has 0 heterocycles. The molecule has 0 unspecified atom stereocenters. The van der Waals surface area contributed by atoms with E-state index in [0.717, 1.165) is 0 Å². The summed E-state index contributed by atoms with van der Waals surface area (Å²) in [5.41, 5.74) is 5.80. The average Bonchev–Trinajstić information content (AvgIpc) is 2.28. The van der Waals surface area contributed by atoms with Gasteiger partial charge in [-0.25, -0.2) is 4.39 Å². The number of benzene rings is 1. The van der Waals surface area contributed by atoms with Gasteiger partial charge in [-0.3, -0.25) is 10.4 Å². The van der Waals surface area contributed by atoms with Gasteiger partial charge in [-0.2, -0.15) is 0 Å². The van der Waals surface area contributed by atoms with Gasteiger partial charge in [0.2, 0.25) is 0 Å². The monoisotopic (exact) mass is 220 g/mol. The van der Waals surface area contributed by atoms with Gasteiger partial charge in [0, 0.05) is 11.8 Å². The van der Waals surface area contributed by atoms with Crippen LogP contribution >= 0.6 is 0 Å². The molecule has 4 N–H and O–H groups in total. The number of allylic oxidation sites excluding steroid dienone is 1. The third-order valence-corrected chi connectivity index (χ3v) is 1.88. The Balaban J connectivity index is 2.70. The number of amidine groups is 1. The van der Waals surface area contributed by atoms with Crippen molar-refractivity contribution in [3.8, 4) is 0 Å². The third-order valence-electron chi connectivity index (χ3n) is 1.88. The molecular formula is C11H13FN4. The molecule has 1 aromatic carbocycles. The standard InChI is InChI=1S/C11H13FN4/c1-2-6-15-7-16-11(14)8-4-3-5-9(12)10(8)13/h2-6H,1,7,13H2,(H2,14,16)/b15-6-. The highest BCUT2D eigenvalue weighted by molar-refractivity contribution is 6.01. The van der Waals surface area contributed by atoms with E-state index in [-0.39, 0.29) is 18.2 Å². The second-order valence-corrected chi connectivity index (χ2v) is 2.98. The van der Waals surface area contributed by atoms with Gasteiger partial charge in [-0.1, -0.05) is 18.7 Å². The van der Waals surface area contributed by atoms with Gasteiger partial charge >= 0.3 is 0 Å². The topological polar surface area (TPSA) is 74.3 Å². The van der Waals surface area contributed by atoms with E-state index in [2.05, 4.69) is 16.9 Å². The normalized spacial score (nSPS) is 10.3. The van der Waals surface area contributed by atoms with Crippen molar-refractivity contribution < 1.29 is 4.39 Å². The predicted octanol–water partition coefficient (Wildman–Crippen LogP) is 1.54. The minimum absolute atomic E-state index is 0.0345. The first-order valence-corrected chi connectivity index (χ1v) is 4.64. The van der Waals surface area contributed by atoms with Gasteiger partial charge in [0.05, 0.1) is 5.69 Å². The summed E-state index contributed by atoms with van der Waals surface area (Å²) in [5.74, 6) is -0.489. The zero-order chi connectivity index (χ0) is 12.0.